The van der Waals surface area contributed by atoms with Crippen LogP contribution in [0.4, 0.5) is 15.9 Å². The van der Waals surface area contributed by atoms with E-state index in [1.807, 2.05) is 35.9 Å². The Morgan fingerprint density at radius 1 is 1.12 bits per heavy atom. The number of nitrogens with two attached hydrogens (primary N) is 1. The smallest absolute Gasteiger partial charge is 0.228 e. The summed E-state index contributed by atoms with van der Waals surface area (Å²) in [5, 5.41) is 3.65. The van der Waals surface area contributed by atoms with Crippen molar-refractivity contribution in [2.24, 2.45) is 7.05 Å². The third-order valence-corrected chi connectivity index (χ3v) is 6.31. The molecule has 0 atom stereocenters. The zero-order valence-electron chi connectivity index (χ0n) is 17.6. The molecule has 164 valence electrons. The van der Waals surface area contributed by atoms with Crippen molar-refractivity contribution in [3.05, 3.63) is 78.6 Å². The maximum atomic E-state index is 13.9. The van der Waals surface area contributed by atoms with Crippen molar-refractivity contribution in [1.29, 1.82) is 0 Å². The van der Waals surface area contributed by atoms with Gasteiger partial charge < -0.3 is 15.6 Å². The molecular weight excluding hydrogens is 439 g/mol. The molecule has 5 rings (SSSR count). The van der Waals surface area contributed by atoms with Gasteiger partial charge in [0.05, 0.1) is 34.4 Å². The molecule has 3 N–H and O–H groups in total. The normalized spacial score (nSPS) is 11.1. The Balaban J connectivity index is 1.45. The second kappa shape index (κ2) is 8.44. The Hall–Kier alpha value is -4.11. The van der Waals surface area contributed by atoms with Gasteiger partial charge in [0.15, 0.2) is 0 Å². The second-order valence-corrected chi connectivity index (χ2v) is 8.57. The molecule has 3 aromatic heterocycles. The molecule has 0 unspecified atom stereocenters. The molecule has 0 saturated heterocycles. The zero-order valence-corrected chi connectivity index (χ0v) is 18.4. The number of thiophene rings is 1. The number of rotatable bonds is 5. The third-order valence-electron chi connectivity index (χ3n) is 5.26. The van der Waals surface area contributed by atoms with E-state index in [9.17, 15) is 9.18 Å². The number of hydrogen-bond acceptors (Lipinski definition) is 6. The first kappa shape index (κ1) is 20.8. The first-order valence-electron chi connectivity index (χ1n) is 10.1. The molecule has 33 heavy (non-hydrogen) atoms. The van der Waals surface area contributed by atoms with E-state index in [1.54, 1.807) is 30.6 Å². The van der Waals surface area contributed by atoms with Crippen molar-refractivity contribution in [2.75, 3.05) is 11.1 Å². The van der Waals surface area contributed by atoms with Gasteiger partial charge in [0, 0.05) is 18.3 Å². The van der Waals surface area contributed by atoms with E-state index in [0.717, 1.165) is 32.0 Å². The highest BCUT2D eigenvalue weighted by molar-refractivity contribution is 7.21. The van der Waals surface area contributed by atoms with Crippen LogP contribution in [0.3, 0.4) is 0 Å². The largest absolute Gasteiger partial charge is 0.383 e. The number of nitrogens with zero attached hydrogens (tertiary/aromatic N) is 4. The Bertz CT molecular complexity index is 1490. The number of carbonyl (C=O) groups is 1. The highest BCUT2D eigenvalue weighted by atomic mass is 32.1. The lowest BCUT2D eigenvalue weighted by molar-refractivity contribution is -0.115. The number of anilines is 2. The molecule has 2 aromatic carbocycles. The summed E-state index contributed by atoms with van der Waals surface area (Å²) in [6.07, 6.45) is 3.15. The van der Waals surface area contributed by atoms with Crippen molar-refractivity contribution in [2.45, 2.75) is 6.42 Å². The number of aromatic nitrogens is 4. The zero-order chi connectivity index (χ0) is 22.9. The summed E-state index contributed by atoms with van der Waals surface area (Å²) >= 11 is 1.51. The average molecular weight is 459 g/mol. The van der Waals surface area contributed by atoms with Crippen molar-refractivity contribution in [3.8, 4) is 21.8 Å². The number of hydrogen-bond donors (Lipinski definition) is 2. The Kier molecular flexibility index (Phi) is 5.31. The number of aryl methyl sites for hydroxylation is 1. The number of fused-ring (bicyclic) bond motifs is 1. The lowest BCUT2D eigenvalue weighted by Gasteiger charge is -2.09. The molecule has 1 amide bonds. The molecule has 0 fully saturated rings. The van der Waals surface area contributed by atoms with E-state index < -0.39 is 5.82 Å². The SMILES string of the molecule is Cn1cnc(-c2cccc(NC(=O)Cc3ccccc3F)c2)c1-c1cc2c(N)ncnc2s1. The van der Waals surface area contributed by atoms with Gasteiger partial charge >= 0.3 is 0 Å². The van der Waals surface area contributed by atoms with Crippen LogP contribution in [-0.2, 0) is 18.3 Å². The molecule has 0 bridgehead atoms. The summed E-state index contributed by atoms with van der Waals surface area (Å²) in [7, 11) is 1.92. The molecule has 0 aliphatic rings. The minimum atomic E-state index is -0.395. The van der Waals surface area contributed by atoms with Crippen molar-refractivity contribution in [1.82, 2.24) is 19.5 Å². The highest BCUT2D eigenvalue weighted by Gasteiger charge is 2.18. The maximum Gasteiger partial charge on any atom is 0.228 e. The van der Waals surface area contributed by atoms with Gasteiger partial charge in [-0.05, 0) is 29.8 Å². The van der Waals surface area contributed by atoms with Gasteiger partial charge in [0.1, 0.15) is 22.8 Å². The van der Waals surface area contributed by atoms with Crippen LogP contribution in [0.1, 0.15) is 5.56 Å². The van der Waals surface area contributed by atoms with Crippen LogP contribution < -0.4 is 11.1 Å². The molecule has 0 saturated carbocycles. The topological polar surface area (TPSA) is 98.7 Å². The second-order valence-electron chi connectivity index (χ2n) is 7.54. The van der Waals surface area contributed by atoms with Gasteiger partial charge in [-0.2, -0.15) is 0 Å². The number of amides is 1. The molecular formula is C24H19FN6OS. The standard InChI is InChI=1S/C24H19FN6OS/c1-31-13-29-21(22(31)19-11-17-23(26)27-12-28-24(17)33-19)15-6-4-7-16(9-15)30-20(32)10-14-5-2-3-8-18(14)25/h2-9,11-13H,10H2,1H3,(H,30,32)(H2,26,27,28). The molecule has 9 heteroatoms. The first-order chi connectivity index (χ1) is 16.0. The number of halogens is 1. The van der Waals surface area contributed by atoms with Crippen molar-refractivity contribution < 1.29 is 9.18 Å². The number of imidazole rings is 1. The van der Waals surface area contributed by atoms with Crippen LogP contribution >= 0.6 is 11.3 Å². The summed E-state index contributed by atoms with van der Waals surface area (Å²) < 4.78 is 15.8. The summed E-state index contributed by atoms with van der Waals surface area (Å²) in [4.78, 5) is 27.2. The van der Waals surface area contributed by atoms with Gasteiger partial charge in [-0.15, -0.1) is 11.3 Å². The summed E-state index contributed by atoms with van der Waals surface area (Å²) in [5.41, 5.74) is 9.48. The van der Waals surface area contributed by atoms with Crippen LogP contribution in [0.2, 0.25) is 0 Å². The van der Waals surface area contributed by atoms with Crippen molar-refractivity contribution >= 4 is 39.0 Å². The molecule has 0 radical (unpaired) electrons. The summed E-state index contributed by atoms with van der Waals surface area (Å²) in [5.74, 6) is -0.254. The molecule has 0 aliphatic carbocycles. The highest BCUT2D eigenvalue weighted by Crippen LogP contribution is 2.39. The van der Waals surface area contributed by atoms with E-state index >= 15 is 0 Å². The van der Waals surface area contributed by atoms with Crippen LogP contribution in [0, 0.1) is 5.82 Å². The van der Waals surface area contributed by atoms with E-state index in [4.69, 9.17) is 5.73 Å². The maximum absolute atomic E-state index is 13.9. The third kappa shape index (κ3) is 4.06. The first-order valence-corrected chi connectivity index (χ1v) is 11.0. The fraction of sp³-hybridized carbons (Fsp3) is 0.0833. The molecule has 5 aromatic rings. The summed E-state index contributed by atoms with van der Waals surface area (Å²) in [6, 6.07) is 15.7. The van der Waals surface area contributed by atoms with Gasteiger partial charge in [-0.1, -0.05) is 30.3 Å². The molecule has 0 spiro atoms. The Morgan fingerprint density at radius 2 is 1.97 bits per heavy atom. The predicted octanol–water partition coefficient (Wildman–Crippen LogP) is 4.66. The predicted molar refractivity (Wildman–Crippen MR) is 128 cm³/mol. The fourth-order valence-electron chi connectivity index (χ4n) is 3.69. The molecule has 0 aliphatic heterocycles. The van der Waals surface area contributed by atoms with E-state index in [2.05, 4.69) is 20.3 Å². The Morgan fingerprint density at radius 3 is 2.79 bits per heavy atom. The van der Waals surface area contributed by atoms with E-state index in [1.165, 1.54) is 23.7 Å². The minimum Gasteiger partial charge on any atom is -0.383 e. The lowest BCUT2D eigenvalue weighted by Crippen LogP contribution is -2.15. The quantitative estimate of drug-likeness (QED) is 0.399. The van der Waals surface area contributed by atoms with Gasteiger partial charge in [-0.3, -0.25) is 4.79 Å². The Labute approximate surface area is 192 Å². The lowest BCUT2D eigenvalue weighted by atomic mass is 10.1. The number of benzene rings is 2. The van der Waals surface area contributed by atoms with E-state index in [0.29, 0.717) is 17.1 Å². The molecule has 7 nitrogen and oxygen atoms in total. The van der Waals surface area contributed by atoms with Crippen LogP contribution in [-0.4, -0.2) is 25.4 Å². The number of carbonyl (C=O) groups excluding carboxylic acids is 1. The van der Waals surface area contributed by atoms with Gasteiger partial charge in [0.2, 0.25) is 5.91 Å². The van der Waals surface area contributed by atoms with Crippen LogP contribution in [0.15, 0.2) is 67.3 Å². The number of nitrogen functional groups attached to an aromatic ring is 1. The monoisotopic (exact) mass is 458 g/mol. The number of nitrogens with one attached hydrogen (secondary N) is 1. The minimum absolute atomic E-state index is 0.0457. The average Bonchev–Trinajstić information content (AvgIpc) is 3.39. The summed E-state index contributed by atoms with van der Waals surface area (Å²) in [6.45, 7) is 0. The van der Waals surface area contributed by atoms with Crippen LogP contribution in [0.5, 0.6) is 0 Å². The van der Waals surface area contributed by atoms with Gasteiger partial charge in [0.25, 0.3) is 0 Å². The fourth-order valence-corrected chi connectivity index (χ4v) is 4.78. The van der Waals surface area contributed by atoms with Crippen molar-refractivity contribution in [3.63, 3.8) is 0 Å². The molecule has 3 heterocycles. The van der Waals surface area contributed by atoms with Crippen LogP contribution in [0.25, 0.3) is 32.0 Å². The van der Waals surface area contributed by atoms with Gasteiger partial charge in [-0.25, -0.2) is 19.3 Å². The van der Waals surface area contributed by atoms with E-state index in [-0.39, 0.29) is 12.3 Å².